The zero-order valence-electron chi connectivity index (χ0n) is 16.9. The van der Waals surface area contributed by atoms with Crippen LogP contribution in [0.1, 0.15) is 34.5 Å². The number of ketones is 1. The first kappa shape index (κ1) is 19.6. The van der Waals surface area contributed by atoms with Crippen molar-refractivity contribution < 1.29 is 19.4 Å². The van der Waals surface area contributed by atoms with Crippen molar-refractivity contribution in [2.45, 2.75) is 32.0 Å². The lowest BCUT2D eigenvalue weighted by atomic mass is 9.98. The number of likely N-dealkylation sites (tertiary alicyclic amines) is 1. The Kier molecular flexibility index (Phi) is 4.87. The van der Waals surface area contributed by atoms with Crippen molar-refractivity contribution in [3.63, 3.8) is 0 Å². The third kappa shape index (κ3) is 3.43. The van der Waals surface area contributed by atoms with Gasteiger partial charge in [0.15, 0.2) is 0 Å². The summed E-state index contributed by atoms with van der Waals surface area (Å²) in [5.41, 5.74) is 2.57. The maximum Gasteiger partial charge on any atom is 0.295 e. The molecule has 6 heteroatoms. The van der Waals surface area contributed by atoms with Gasteiger partial charge in [-0.1, -0.05) is 36.4 Å². The summed E-state index contributed by atoms with van der Waals surface area (Å²) in [5.74, 6) is -0.600. The van der Waals surface area contributed by atoms with E-state index in [1.807, 2.05) is 66.9 Å². The van der Waals surface area contributed by atoms with E-state index < -0.39 is 17.7 Å². The molecule has 0 aliphatic carbocycles. The van der Waals surface area contributed by atoms with Crippen LogP contribution in [-0.2, 0) is 22.6 Å². The van der Waals surface area contributed by atoms with Crippen LogP contribution in [0.4, 0.5) is 0 Å². The predicted octanol–water partition coefficient (Wildman–Crippen LogP) is 4.69. The van der Waals surface area contributed by atoms with Crippen molar-refractivity contribution in [2.24, 2.45) is 0 Å². The maximum absolute atomic E-state index is 13.1. The van der Waals surface area contributed by atoms with Crippen molar-refractivity contribution in [3.8, 4) is 5.75 Å². The van der Waals surface area contributed by atoms with E-state index in [1.165, 1.54) is 11.3 Å². The van der Waals surface area contributed by atoms with E-state index in [0.717, 1.165) is 28.2 Å². The first-order valence-corrected chi connectivity index (χ1v) is 11.1. The van der Waals surface area contributed by atoms with Crippen molar-refractivity contribution in [1.29, 1.82) is 0 Å². The van der Waals surface area contributed by atoms with Crippen LogP contribution in [0.15, 0.2) is 71.6 Å². The molecule has 0 bridgehead atoms. The minimum atomic E-state index is -0.656. The normalized spacial score (nSPS) is 21.9. The molecule has 3 heterocycles. The summed E-state index contributed by atoms with van der Waals surface area (Å²) in [6.45, 7) is 2.28. The number of carbonyl (C=O) groups is 2. The van der Waals surface area contributed by atoms with Gasteiger partial charge in [-0.2, -0.15) is 0 Å². The van der Waals surface area contributed by atoms with Gasteiger partial charge in [0.2, 0.25) is 0 Å². The summed E-state index contributed by atoms with van der Waals surface area (Å²) in [4.78, 5) is 28.5. The summed E-state index contributed by atoms with van der Waals surface area (Å²) < 4.78 is 5.74. The Hall–Kier alpha value is -3.38. The van der Waals surface area contributed by atoms with Gasteiger partial charge in [-0.15, -0.1) is 11.3 Å². The van der Waals surface area contributed by atoms with Gasteiger partial charge in [-0.05, 0) is 47.7 Å². The molecule has 2 aliphatic rings. The minimum Gasteiger partial charge on any atom is -0.507 e. The number of benzene rings is 2. The highest BCUT2D eigenvalue weighted by Crippen LogP contribution is 2.42. The molecule has 2 aromatic carbocycles. The lowest BCUT2D eigenvalue weighted by Gasteiger charge is -2.24. The van der Waals surface area contributed by atoms with E-state index in [-0.39, 0.29) is 17.4 Å². The molecule has 31 heavy (non-hydrogen) atoms. The van der Waals surface area contributed by atoms with E-state index in [1.54, 1.807) is 11.0 Å². The molecule has 1 N–H and O–H groups in total. The molecule has 2 atom stereocenters. The lowest BCUT2D eigenvalue weighted by molar-refractivity contribution is -0.140. The smallest absolute Gasteiger partial charge is 0.295 e. The number of thiophene rings is 1. The fraction of sp³-hybridized carbons (Fsp3) is 0.200. The Bertz CT molecular complexity index is 1180. The molecule has 0 spiro atoms. The van der Waals surface area contributed by atoms with Crippen LogP contribution in [0, 0.1) is 0 Å². The number of aliphatic hydroxyl groups excluding tert-OH is 1. The van der Waals surface area contributed by atoms with Crippen molar-refractivity contribution in [3.05, 3.63) is 93.2 Å². The summed E-state index contributed by atoms with van der Waals surface area (Å²) in [6.07, 6.45) is 0.822. The molecule has 0 unspecified atom stereocenters. The number of nitrogens with zero attached hydrogens (tertiary/aromatic N) is 1. The number of rotatable bonds is 4. The summed E-state index contributed by atoms with van der Waals surface area (Å²) in [7, 11) is 0. The second-order valence-electron chi connectivity index (χ2n) is 7.88. The van der Waals surface area contributed by atoms with E-state index in [2.05, 4.69) is 0 Å². The maximum atomic E-state index is 13.1. The zero-order valence-corrected chi connectivity index (χ0v) is 17.8. The number of amides is 1. The van der Waals surface area contributed by atoms with Crippen LogP contribution in [0.25, 0.3) is 5.76 Å². The predicted molar refractivity (Wildman–Crippen MR) is 119 cm³/mol. The summed E-state index contributed by atoms with van der Waals surface area (Å²) in [6, 6.07) is 18.1. The number of ether oxygens (including phenoxy) is 1. The van der Waals surface area contributed by atoms with Gasteiger partial charge in [-0.25, -0.2) is 0 Å². The van der Waals surface area contributed by atoms with Gasteiger partial charge >= 0.3 is 0 Å². The molecular formula is C25H21NO4S. The Morgan fingerprint density at radius 2 is 1.94 bits per heavy atom. The Labute approximate surface area is 184 Å². The van der Waals surface area contributed by atoms with Crippen LogP contribution in [-0.4, -0.2) is 27.8 Å². The topological polar surface area (TPSA) is 66.8 Å². The SMILES string of the molecule is C[C@@H]1Cc2cc(C(O)=C3C(=O)C(=O)N(Cc4ccccc4)[C@H]3c3cccs3)ccc2O1. The largest absolute Gasteiger partial charge is 0.507 e. The Morgan fingerprint density at radius 1 is 1.13 bits per heavy atom. The average molecular weight is 432 g/mol. The number of hydrogen-bond acceptors (Lipinski definition) is 5. The highest BCUT2D eigenvalue weighted by molar-refractivity contribution is 7.10. The van der Waals surface area contributed by atoms with E-state index in [0.29, 0.717) is 12.1 Å². The first-order chi connectivity index (χ1) is 15.0. The van der Waals surface area contributed by atoms with Gasteiger partial charge in [-0.3, -0.25) is 9.59 Å². The van der Waals surface area contributed by atoms with Crippen LogP contribution in [0.5, 0.6) is 5.75 Å². The Morgan fingerprint density at radius 3 is 2.68 bits per heavy atom. The highest BCUT2D eigenvalue weighted by atomic mass is 32.1. The molecule has 0 radical (unpaired) electrons. The highest BCUT2D eigenvalue weighted by Gasteiger charge is 2.46. The van der Waals surface area contributed by atoms with Crippen molar-refractivity contribution >= 4 is 28.8 Å². The van der Waals surface area contributed by atoms with E-state index >= 15 is 0 Å². The summed E-state index contributed by atoms with van der Waals surface area (Å²) >= 11 is 1.46. The van der Waals surface area contributed by atoms with Crippen LogP contribution < -0.4 is 4.74 Å². The molecule has 3 aromatic rings. The zero-order chi connectivity index (χ0) is 21.5. The number of fused-ring (bicyclic) bond motifs is 1. The van der Waals surface area contributed by atoms with E-state index in [4.69, 9.17) is 4.74 Å². The number of aliphatic hydroxyl groups is 1. The molecular weight excluding hydrogens is 410 g/mol. The third-order valence-corrected chi connectivity index (χ3v) is 6.64. The lowest BCUT2D eigenvalue weighted by Crippen LogP contribution is -2.28. The molecule has 5 rings (SSSR count). The molecule has 0 saturated carbocycles. The van der Waals surface area contributed by atoms with Gasteiger partial charge in [0.25, 0.3) is 11.7 Å². The quantitative estimate of drug-likeness (QED) is 0.370. The molecule has 156 valence electrons. The minimum absolute atomic E-state index is 0.0787. The third-order valence-electron chi connectivity index (χ3n) is 5.72. The van der Waals surface area contributed by atoms with Crippen molar-refractivity contribution in [2.75, 3.05) is 0 Å². The number of carbonyl (C=O) groups excluding carboxylic acids is 2. The fourth-order valence-electron chi connectivity index (χ4n) is 4.29. The fourth-order valence-corrected chi connectivity index (χ4v) is 5.14. The van der Waals surface area contributed by atoms with E-state index in [9.17, 15) is 14.7 Å². The second kappa shape index (κ2) is 7.71. The molecule has 1 fully saturated rings. The average Bonchev–Trinajstić information content (AvgIpc) is 3.48. The standard InChI is InChI=1S/C25H21NO4S/c1-15-12-18-13-17(9-10-19(18)30-15)23(27)21-22(20-8-5-11-31-20)26(25(29)24(21)28)14-16-6-3-2-4-7-16/h2-11,13,15,22,27H,12,14H2,1H3/t15-,22+/m1/s1. The van der Waals surface area contributed by atoms with Gasteiger partial charge < -0.3 is 14.7 Å². The monoisotopic (exact) mass is 431 g/mol. The van der Waals surface area contributed by atoms with Gasteiger partial charge in [0.05, 0.1) is 11.6 Å². The molecule has 2 aliphatic heterocycles. The molecule has 5 nitrogen and oxygen atoms in total. The van der Waals surface area contributed by atoms with Gasteiger partial charge in [0, 0.05) is 23.4 Å². The number of Topliss-reactive ketones (excluding diaryl/α,β-unsaturated/α-hetero) is 1. The van der Waals surface area contributed by atoms with Crippen molar-refractivity contribution in [1.82, 2.24) is 4.90 Å². The molecule has 1 amide bonds. The Balaban J connectivity index is 1.60. The van der Waals surface area contributed by atoms with Crippen LogP contribution in [0.2, 0.25) is 0 Å². The summed E-state index contributed by atoms with van der Waals surface area (Å²) in [5, 5.41) is 13.1. The molecule has 1 saturated heterocycles. The molecule has 1 aromatic heterocycles. The van der Waals surface area contributed by atoms with Crippen LogP contribution in [0.3, 0.4) is 0 Å². The van der Waals surface area contributed by atoms with Crippen LogP contribution >= 0.6 is 11.3 Å². The second-order valence-corrected chi connectivity index (χ2v) is 8.86. The number of hydrogen-bond donors (Lipinski definition) is 1. The first-order valence-electron chi connectivity index (χ1n) is 10.2. The van der Waals surface area contributed by atoms with Gasteiger partial charge in [0.1, 0.15) is 17.6 Å².